The molecule has 1 N–H and O–H groups in total. The minimum absolute atomic E-state index is 0.112. The van der Waals surface area contributed by atoms with Crippen molar-refractivity contribution in [3.63, 3.8) is 0 Å². The molecule has 1 aromatic rings. The summed E-state index contributed by atoms with van der Waals surface area (Å²) < 4.78 is 31.6. The van der Waals surface area contributed by atoms with Crippen molar-refractivity contribution in [2.24, 2.45) is 0 Å². The average Bonchev–Trinajstić information content (AvgIpc) is 2.48. The van der Waals surface area contributed by atoms with Crippen molar-refractivity contribution in [3.05, 3.63) is 18.3 Å². The number of hydrogen-bond donors (Lipinski definition) is 1. The molecule has 0 aliphatic rings. The van der Waals surface area contributed by atoms with Crippen molar-refractivity contribution >= 4 is 15.8 Å². The van der Waals surface area contributed by atoms with Crippen molar-refractivity contribution in [1.29, 1.82) is 5.26 Å². The Hall–Kier alpha value is -1.69. The predicted octanol–water partition coefficient (Wildman–Crippen LogP) is 1.06. The molecule has 7 nitrogen and oxygen atoms in total. The molecule has 0 atom stereocenters. The van der Waals surface area contributed by atoms with Gasteiger partial charge in [0.1, 0.15) is 10.7 Å². The monoisotopic (exact) mass is 312 g/mol. The molecule has 1 heterocycles. The number of pyridine rings is 1. The molecule has 1 rings (SSSR count). The van der Waals surface area contributed by atoms with E-state index in [2.05, 4.69) is 10.3 Å². The Labute approximate surface area is 125 Å². The highest BCUT2D eigenvalue weighted by atomic mass is 32.2. The van der Waals surface area contributed by atoms with E-state index in [0.29, 0.717) is 12.4 Å². The molecular weight excluding hydrogens is 292 g/mol. The maximum atomic E-state index is 12.7. The van der Waals surface area contributed by atoms with Crippen LogP contribution in [-0.2, 0) is 14.8 Å². The summed E-state index contributed by atoms with van der Waals surface area (Å²) in [4.78, 5) is 4.18. The van der Waals surface area contributed by atoms with Crippen LogP contribution in [0.5, 0.6) is 0 Å². The molecule has 116 valence electrons. The summed E-state index contributed by atoms with van der Waals surface area (Å²) in [5.74, 6) is 0.319. The maximum Gasteiger partial charge on any atom is 0.246 e. The minimum Gasteiger partial charge on any atom is -0.383 e. The van der Waals surface area contributed by atoms with Gasteiger partial charge in [-0.15, -0.1) is 0 Å². The Kier molecular flexibility index (Phi) is 7.08. The molecule has 0 unspecified atom stereocenters. The maximum absolute atomic E-state index is 12.7. The van der Waals surface area contributed by atoms with Gasteiger partial charge in [-0.25, -0.2) is 13.4 Å². The van der Waals surface area contributed by atoms with Crippen LogP contribution in [-0.4, -0.2) is 51.1 Å². The van der Waals surface area contributed by atoms with Gasteiger partial charge in [0.15, 0.2) is 0 Å². The average molecular weight is 312 g/mol. The molecule has 0 saturated heterocycles. The Morgan fingerprint density at radius 3 is 2.86 bits per heavy atom. The summed E-state index contributed by atoms with van der Waals surface area (Å²) in [6.07, 6.45) is 1.66. The largest absolute Gasteiger partial charge is 0.383 e. The van der Waals surface area contributed by atoms with E-state index in [4.69, 9.17) is 10.00 Å². The molecule has 0 aliphatic carbocycles. The lowest BCUT2D eigenvalue weighted by atomic mass is 10.4. The van der Waals surface area contributed by atoms with E-state index in [1.54, 1.807) is 6.07 Å². The highest BCUT2D eigenvalue weighted by molar-refractivity contribution is 7.89. The second-order valence-electron chi connectivity index (χ2n) is 4.19. The highest BCUT2D eigenvalue weighted by Gasteiger charge is 2.27. The van der Waals surface area contributed by atoms with Gasteiger partial charge >= 0.3 is 0 Å². The number of methoxy groups -OCH3 is 1. The van der Waals surface area contributed by atoms with Crippen LogP contribution in [0.3, 0.4) is 0 Å². The Morgan fingerprint density at radius 1 is 1.48 bits per heavy atom. The van der Waals surface area contributed by atoms with Crippen molar-refractivity contribution < 1.29 is 13.2 Å². The van der Waals surface area contributed by atoms with Gasteiger partial charge < -0.3 is 10.1 Å². The van der Waals surface area contributed by atoms with Gasteiger partial charge in [-0.3, -0.25) is 0 Å². The molecular formula is C13H20N4O3S. The fraction of sp³-hybridized carbons (Fsp3) is 0.538. The van der Waals surface area contributed by atoms with Gasteiger partial charge in [-0.1, -0.05) is 0 Å². The van der Waals surface area contributed by atoms with Crippen molar-refractivity contribution in [2.45, 2.75) is 18.2 Å². The van der Waals surface area contributed by atoms with E-state index in [0.717, 1.165) is 0 Å². The summed E-state index contributed by atoms with van der Waals surface area (Å²) in [6.45, 7) is 3.02. The van der Waals surface area contributed by atoms with Crippen LogP contribution in [0, 0.1) is 11.3 Å². The molecule has 0 spiro atoms. The minimum atomic E-state index is -3.72. The standard InChI is InChI=1S/C13H20N4O3S/c1-3-15-13-12(6-4-8-16-13)21(18,19)17(9-5-7-14)10-11-20-2/h4,6,8H,3,5,9-11H2,1-2H3,(H,15,16). The number of nitrogens with one attached hydrogen (secondary N) is 1. The topological polar surface area (TPSA) is 95.3 Å². The summed E-state index contributed by atoms with van der Waals surface area (Å²) in [6, 6.07) is 5.04. The van der Waals surface area contributed by atoms with Gasteiger partial charge in [0, 0.05) is 39.4 Å². The molecule has 1 aromatic heterocycles. The Morgan fingerprint density at radius 2 is 2.24 bits per heavy atom. The fourth-order valence-corrected chi connectivity index (χ4v) is 3.30. The zero-order chi connectivity index (χ0) is 15.7. The lowest BCUT2D eigenvalue weighted by Gasteiger charge is -2.22. The van der Waals surface area contributed by atoms with E-state index in [9.17, 15) is 8.42 Å². The molecule has 8 heteroatoms. The van der Waals surface area contributed by atoms with Gasteiger partial charge in [0.25, 0.3) is 0 Å². The van der Waals surface area contributed by atoms with Crippen LogP contribution in [0.2, 0.25) is 0 Å². The fourth-order valence-electron chi connectivity index (χ4n) is 1.76. The van der Waals surface area contributed by atoms with Crippen LogP contribution in [0.4, 0.5) is 5.82 Å². The molecule has 0 aromatic carbocycles. The zero-order valence-electron chi connectivity index (χ0n) is 12.2. The second-order valence-corrected chi connectivity index (χ2v) is 6.09. The summed E-state index contributed by atoms with van der Waals surface area (Å²) in [7, 11) is -2.22. The van der Waals surface area contributed by atoms with Gasteiger partial charge in [-0.05, 0) is 19.1 Å². The smallest absolute Gasteiger partial charge is 0.246 e. The molecule has 21 heavy (non-hydrogen) atoms. The highest BCUT2D eigenvalue weighted by Crippen LogP contribution is 2.22. The summed E-state index contributed by atoms with van der Waals surface area (Å²) in [5, 5.41) is 11.6. The third-order valence-electron chi connectivity index (χ3n) is 2.75. The van der Waals surface area contributed by atoms with Crippen LogP contribution in [0.15, 0.2) is 23.2 Å². The molecule has 0 bridgehead atoms. The van der Waals surface area contributed by atoms with Crippen LogP contribution in [0.25, 0.3) is 0 Å². The number of ether oxygens (including phenoxy) is 1. The van der Waals surface area contributed by atoms with E-state index < -0.39 is 10.0 Å². The van der Waals surface area contributed by atoms with Gasteiger partial charge in [-0.2, -0.15) is 9.57 Å². The number of sulfonamides is 1. The third kappa shape index (κ3) is 4.67. The van der Waals surface area contributed by atoms with Crippen molar-refractivity contribution in [3.8, 4) is 6.07 Å². The molecule has 0 aliphatic heterocycles. The van der Waals surface area contributed by atoms with E-state index >= 15 is 0 Å². The van der Waals surface area contributed by atoms with Crippen molar-refractivity contribution in [2.75, 3.05) is 38.7 Å². The van der Waals surface area contributed by atoms with Gasteiger partial charge in [0.05, 0.1) is 12.7 Å². The lowest BCUT2D eigenvalue weighted by molar-refractivity contribution is 0.179. The Balaban J connectivity index is 3.12. The Bertz CT molecular complexity index is 583. The summed E-state index contributed by atoms with van der Waals surface area (Å²) >= 11 is 0. The molecule has 0 fully saturated rings. The number of anilines is 1. The van der Waals surface area contributed by atoms with Crippen LogP contribution < -0.4 is 5.32 Å². The first-order valence-electron chi connectivity index (χ1n) is 6.62. The second kappa shape index (κ2) is 8.56. The third-order valence-corrected chi connectivity index (χ3v) is 4.68. The SMILES string of the molecule is CCNc1ncccc1S(=O)(=O)N(CCC#N)CCOC. The number of hydrogen-bond acceptors (Lipinski definition) is 6. The number of aromatic nitrogens is 1. The van der Waals surface area contributed by atoms with Crippen molar-refractivity contribution in [1.82, 2.24) is 9.29 Å². The zero-order valence-corrected chi connectivity index (χ0v) is 13.1. The quantitative estimate of drug-likeness (QED) is 0.732. The lowest BCUT2D eigenvalue weighted by Crippen LogP contribution is -2.35. The first-order valence-corrected chi connectivity index (χ1v) is 8.06. The van der Waals surface area contributed by atoms with E-state index in [1.165, 1.54) is 23.7 Å². The number of nitriles is 1. The van der Waals surface area contributed by atoms with E-state index in [-0.39, 0.29) is 31.0 Å². The molecule has 0 amide bonds. The number of rotatable bonds is 9. The molecule has 0 radical (unpaired) electrons. The van der Waals surface area contributed by atoms with E-state index in [1.807, 2.05) is 13.0 Å². The van der Waals surface area contributed by atoms with Gasteiger partial charge in [0.2, 0.25) is 10.0 Å². The normalized spacial score (nSPS) is 11.3. The predicted molar refractivity (Wildman–Crippen MR) is 79.3 cm³/mol. The first kappa shape index (κ1) is 17.4. The van der Waals surface area contributed by atoms with Crippen LogP contribution in [0.1, 0.15) is 13.3 Å². The molecule has 0 saturated carbocycles. The summed E-state index contributed by atoms with van der Waals surface area (Å²) in [5.41, 5.74) is 0. The van der Waals surface area contributed by atoms with Crippen LogP contribution >= 0.6 is 0 Å². The number of nitrogens with zero attached hydrogens (tertiary/aromatic N) is 3. The first-order chi connectivity index (χ1) is 10.1.